The Hall–Kier alpha value is -2.74. The van der Waals surface area contributed by atoms with Crippen LogP contribution in [0.3, 0.4) is 0 Å². The predicted molar refractivity (Wildman–Crippen MR) is 140 cm³/mol. The van der Waals surface area contributed by atoms with Gasteiger partial charge in [0.15, 0.2) is 0 Å². The molecule has 0 aliphatic carbocycles. The number of para-hydroxylation sites is 1. The summed E-state index contributed by atoms with van der Waals surface area (Å²) in [5.74, 6) is 0.0203. The molecule has 2 N–H and O–H groups in total. The number of H-pyrrole nitrogens is 1. The van der Waals surface area contributed by atoms with Gasteiger partial charge in [-0.2, -0.15) is 0 Å². The summed E-state index contributed by atoms with van der Waals surface area (Å²) in [6.07, 6.45) is 8.81. The summed E-state index contributed by atoms with van der Waals surface area (Å²) < 4.78 is 24.7. The summed E-state index contributed by atoms with van der Waals surface area (Å²) >= 11 is 5.71. The SMILES string of the molecule is C#C.CC(C)OC(=O)[C@H](C)NP(=S)(OC[C@@H]1C[C@H](C)[C@H](n2ccc(=O)[nH]c2=O)O1)Oc1ccccc1. The fourth-order valence-electron chi connectivity index (χ4n) is 3.51. The highest BCUT2D eigenvalue weighted by Crippen LogP contribution is 2.46. The molecule has 10 nitrogen and oxygen atoms in total. The molecule has 12 heteroatoms. The number of terminal acetylenes is 1. The maximum Gasteiger partial charge on any atom is 0.330 e. The first-order chi connectivity index (χ1) is 17.1. The predicted octanol–water partition coefficient (Wildman–Crippen LogP) is 2.96. The van der Waals surface area contributed by atoms with E-state index >= 15 is 0 Å². The summed E-state index contributed by atoms with van der Waals surface area (Å²) in [6.45, 7) is 4.01. The molecule has 2 heterocycles. The zero-order valence-electron chi connectivity index (χ0n) is 20.7. The van der Waals surface area contributed by atoms with Gasteiger partial charge in [-0.25, -0.2) is 9.88 Å². The molecule has 0 bridgehead atoms. The third-order valence-electron chi connectivity index (χ3n) is 5.04. The van der Waals surface area contributed by atoms with Crippen LogP contribution in [0.25, 0.3) is 0 Å². The lowest BCUT2D eigenvalue weighted by molar-refractivity contribution is -0.149. The highest BCUT2D eigenvalue weighted by Gasteiger charge is 2.36. The van der Waals surface area contributed by atoms with E-state index in [0.29, 0.717) is 12.2 Å². The van der Waals surface area contributed by atoms with Gasteiger partial charge >= 0.3 is 18.3 Å². The zero-order chi connectivity index (χ0) is 26.9. The van der Waals surface area contributed by atoms with Crippen molar-refractivity contribution in [2.75, 3.05) is 6.61 Å². The third kappa shape index (κ3) is 8.43. The molecule has 0 spiro atoms. The smallest absolute Gasteiger partial charge is 0.330 e. The Bertz CT molecular complexity index is 1180. The van der Waals surface area contributed by atoms with Crippen LogP contribution >= 0.6 is 6.64 Å². The average molecular weight is 538 g/mol. The van der Waals surface area contributed by atoms with Gasteiger partial charge in [-0.3, -0.25) is 19.1 Å². The molecule has 0 radical (unpaired) electrons. The van der Waals surface area contributed by atoms with Gasteiger partial charge in [-0.05, 0) is 51.1 Å². The molecule has 1 aliphatic rings. The van der Waals surface area contributed by atoms with Gasteiger partial charge in [0.25, 0.3) is 5.56 Å². The van der Waals surface area contributed by atoms with Gasteiger partial charge in [0.1, 0.15) is 18.0 Å². The molecule has 1 saturated heterocycles. The largest absolute Gasteiger partial charge is 0.462 e. The number of aromatic nitrogens is 2. The minimum Gasteiger partial charge on any atom is -0.462 e. The lowest BCUT2D eigenvalue weighted by Crippen LogP contribution is -2.36. The van der Waals surface area contributed by atoms with Crippen LogP contribution in [0, 0.1) is 18.8 Å². The standard InChI is InChI=1S/C22H30N3O7PS.C2H2/c1-14(2)30-21(27)16(4)24-33(34,32-17-8-6-5-7-9-17)29-13-18-12-15(3)20(31-18)25-11-10-19(26)23-22(25)28;1-2/h5-11,14-16,18,20H,12-13H2,1-4H3,(H,24,34)(H,23,26,28);1-2H/t15-,16-,18-,20+,33?;/m0./s1. The van der Waals surface area contributed by atoms with Crippen LogP contribution in [0.2, 0.25) is 0 Å². The van der Waals surface area contributed by atoms with Crippen molar-refractivity contribution in [1.29, 1.82) is 0 Å². The lowest BCUT2D eigenvalue weighted by atomic mass is 10.1. The molecule has 1 fully saturated rings. The van der Waals surface area contributed by atoms with E-state index in [9.17, 15) is 14.4 Å². The van der Waals surface area contributed by atoms with Crippen LogP contribution in [0.1, 0.15) is 40.3 Å². The van der Waals surface area contributed by atoms with Crippen LogP contribution in [-0.2, 0) is 30.6 Å². The van der Waals surface area contributed by atoms with Crippen molar-refractivity contribution in [3.63, 3.8) is 0 Å². The summed E-state index contributed by atoms with van der Waals surface area (Å²) in [7, 11) is 0. The topological polar surface area (TPSA) is 121 Å². The van der Waals surface area contributed by atoms with Gasteiger partial charge in [0.2, 0.25) is 0 Å². The maximum atomic E-state index is 12.3. The van der Waals surface area contributed by atoms with Crippen LogP contribution < -0.4 is 20.9 Å². The Morgan fingerprint density at radius 2 is 1.92 bits per heavy atom. The Balaban J connectivity index is 0.00000222. The number of ether oxygens (including phenoxy) is 2. The molecule has 1 aliphatic heterocycles. The van der Waals surface area contributed by atoms with Gasteiger partial charge in [-0.15, -0.1) is 12.8 Å². The molecular weight excluding hydrogens is 505 g/mol. The highest BCUT2D eigenvalue weighted by molar-refractivity contribution is 8.09. The molecule has 5 atom stereocenters. The molecule has 196 valence electrons. The molecule has 2 aromatic rings. The van der Waals surface area contributed by atoms with Gasteiger partial charge < -0.3 is 18.5 Å². The molecule has 3 rings (SSSR count). The summed E-state index contributed by atoms with van der Waals surface area (Å²) in [5, 5.41) is 3.00. The number of nitrogens with zero attached hydrogens (tertiary/aromatic N) is 1. The Kier molecular flexibility index (Phi) is 11.1. The quantitative estimate of drug-likeness (QED) is 0.268. The van der Waals surface area contributed by atoms with Crippen molar-refractivity contribution >= 4 is 24.4 Å². The van der Waals surface area contributed by atoms with Crippen LogP contribution in [0.15, 0.2) is 52.2 Å². The van der Waals surface area contributed by atoms with Crippen molar-refractivity contribution < 1.29 is 23.3 Å². The second kappa shape index (κ2) is 13.5. The number of carbonyl (C=O) groups is 1. The van der Waals surface area contributed by atoms with E-state index < -0.39 is 36.1 Å². The second-order valence-corrected chi connectivity index (χ2v) is 11.5. The first-order valence-electron chi connectivity index (χ1n) is 11.3. The van der Waals surface area contributed by atoms with Crippen molar-refractivity contribution in [1.82, 2.24) is 14.6 Å². The normalized spacial score (nSPS) is 21.6. The molecule has 1 aromatic heterocycles. The summed E-state index contributed by atoms with van der Waals surface area (Å²) in [6, 6.07) is 9.47. The minimum absolute atomic E-state index is 0.0157. The number of esters is 1. The first-order valence-corrected chi connectivity index (χ1v) is 14.0. The third-order valence-corrected chi connectivity index (χ3v) is 7.53. The number of rotatable bonds is 10. The number of carbonyl (C=O) groups excluding carboxylic acids is 1. The fourth-order valence-corrected chi connectivity index (χ4v) is 5.94. The number of aromatic amines is 1. The molecular formula is C24H32N3O7PS. The van der Waals surface area contributed by atoms with Crippen molar-refractivity contribution in [2.24, 2.45) is 5.92 Å². The van der Waals surface area contributed by atoms with E-state index in [2.05, 4.69) is 22.9 Å². The maximum absolute atomic E-state index is 12.3. The van der Waals surface area contributed by atoms with Crippen LogP contribution in [0.4, 0.5) is 0 Å². The monoisotopic (exact) mass is 537 g/mol. The zero-order valence-corrected chi connectivity index (χ0v) is 22.4. The number of hydrogen-bond donors (Lipinski definition) is 2. The molecule has 1 unspecified atom stereocenters. The van der Waals surface area contributed by atoms with E-state index in [1.807, 2.05) is 13.0 Å². The molecule has 0 amide bonds. The number of hydrogen-bond acceptors (Lipinski definition) is 8. The van der Waals surface area contributed by atoms with Crippen molar-refractivity contribution in [2.45, 2.75) is 58.6 Å². The van der Waals surface area contributed by atoms with Crippen molar-refractivity contribution in [3.05, 3.63) is 63.4 Å². The summed E-state index contributed by atoms with van der Waals surface area (Å²) in [4.78, 5) is 38.1. The number of nitrogens with one attached hydrogen (secondary N) is 2. The van der Waals surface area contributed by atoms with E-state index in [-0.39, 0.29) is 24.7 Å². The fraction of sp³-hybridized carbons (Fsp3) is 0.458. The van der Waals surface area contributed by atoms with E-state index in [1.165, 1.54) is 16.8 Å². The van der Waals surface area contributed by atoms with Gasteiger partial charge in [0, 0.05) is 18.2 Å². The Morgan fingerprint density at radius 3 is 2.53 bits per heavy atom. The summed E-state index contributed by atoms with van der Waals surface area (Å²) in [5.41, 5.74) is -1.01. The average Bonchev–Trinajstić information content (AvgIpc) is 3.19. The Labute approximate surface area is 215 Å². The second-order valence-electron chi connectivity index (χ2n) is 8.41. The van der Waals surface area contributed by atoms with Crippen LogP contribution in [0.5, 0.6) is 5.75 Å². The van der Waals surface area contributed by atoms with Crippen LogP contribution in [-0.4, -0.2) is 40.4 Å². The molecule has 0 saturated carbocycles. The minimum atomic E-state index is -3.19. The first kappa shape index (κ1) is 29.5. The van der Waals surface area contributed by atoms with E-state index in [4.69, 9.17) is 30.3 Å². The van der Waals surface area contributed by atoms with E-state index in [1.54, 1.807) is 45.0 Å². The lowest BCUT2D eigenvalue weighted by Gasteiger charge is -2.27. The number of benzene rings is 1. The van der Waals surface area contributed by atoms with E-state index in [0.717, 1.165) is 0 Å². The highest BCUT2D eigenvalue weighted by atomic mass is 32.5. The van der Waals surface area contributed by atoms with Gasteiger partial charge in [0.05, 0.1) is 18.8 Å². The van der Waals surface area contributed by atoms with Crippen molar-refractivity contribution in [3.8, 4) is 18.6 Å². The Morgan fingerprint density at radius 1 is 1.25 bits per heavy atom. The molecule has 1 aromatic carbocycles. The molecule has 36 heavy (non-hydrogen) atoms. The van der Waals surface area contributed by atoms with Gasteiger partial charge in [-0.1, -0.05) is 25.1 Å².